The van der Waals surface area contributed by atoms with Crippen LogP contribution in [0, 0.1) is 0 Å². The summed E-state index contributed by atoms with van der Waals surface area (Å²) < 4.78 is 0. The summed E-state index contributed by atoms with van der Waals surface area (Å²) in [6.45, 7) is 1.57. The summed E-state index contributed by atoms with van der Waals surface area (Å²) in [4.78, 5) is 9.73. The van der Waals surface area contributed by atoms with Gasteiger partial charge in [-0.2, -0.15) is 0 Å². The van der Waals surface area contributed by atoms with Gasteiger partial charge in [-0.15, -0.1) is 0 Å². The predicted octanol–water partition coefficient (Wildman–Crippen LogP) is 0.0297. The van der Waals surface area contributed by atoms with Gasteiger partial charge in [0, 0.05) is 0 Å². The Balaban J connectivity index is 0. The van der Waals surface area contributed by atoms with Crippen LogP contribution >= 0.6 is 11.6 Å². The molecular formula is C4H8ClGaO2. The molecule has 0 saturated heterocycles. The summed E-state index contributed by atoms with van der Waals surface area (Å²) >= 11 is 5.06. The summed E-state index contributed by atoms with van der Waals surface area (Å²) in [6, 6.07) is 0. The van der Waals surface area contributed by atoms with Crippen LogP contribution in [0.1, 0.15) is 6.92 Å². The Bertz CT molecular complexity index is 111. The molecule has 0 atom stereocenters. The van der Waals surface area contributed by atoms with Gasteiger partial charge >= 0.3 is 25.8 Å². The van der Waals surface area contributed by atoms with Crippen LogP contribution in [0.4, 0.5) is 0 Å². The zero-order chi connectivity index (χ0) is 5.86. The van der Waals surface area contributed by atoms with Crippen molar-refractivity contribution in [3.63, 3.8) is 0 Å². The molecule has 0 fully saturated rings. The summed E-state index contributed by atoms with van der Waals surface area (Å²) in [5.41, 5.74) is 0. The minimum absolute atomic E-state index is 0. The first-order chi connectivity index (χ1) is 3.18. The maximum atomic E-state index is 9.73. The van der Waals surface area contributed by atoms with Crippen LogP contribution in [0.5, 0.6) is 0 Å². The quantitative estimate of drug-likeness (QED) is 0.471. The van der Waals surface area contributed by atoms with E-state index in [1.807, 2.05) is 0 Å². The fourth-order valence-electron chi connectivity index (χ4n) is 0.123. The third-order valence-corrected chi connectivity index (χ3v) is 0.838. The Labute approximate surface area is 65.6 Å². The fraction of sp³-hybridized carbons (Fsp3) is 0.250. The van der Waals surface area contributed by atoms with Gasteiger partial charge in [0.1, 0.15) is 5.03 Å². The van der Waals surface area contributed by atoms with Crippen molar-refractivity contribution in [1.82, 2.24) is 0 Å². The average molecular weight is 193 g/mol. The molecule has 4 heteroatoms. The van der Waals surface area contributed by atoms with Crippen LogP contribution < -0.4 is 0 Å². The number of hydrogen-bond acceptors (Lipinski definition) is 1. The summed E-state index contributed by atoms with van der Waals surface area (Å²) in [6.07, 6.45) is 1.32. The molecule has 0 aromatic heterocycles. The average Bonchev–Trinajstić information content (AvgIpc) is 1.65. The van der Waals surface area contributed by atoms with E-state index in [0.717, 1.165) is 0 Å². The number of carbonyl (C=O) groups is 1. The molecule has 0 amide bonds. The van der Waals surface area contributed by atoms with Crippen molar-refractivity contribution in [2.24, 2.45) is 0 Å². The molecule has 0 unspecified atom stereocenters. The standard InChI is InChI=1S/C4H5ClO2.Ga.3H/c1-2-3(5)4(6)7;;;;/h2H,1H3,(H,6,7);;;;. The second-order valence-electron chi connectivity index (χ2n) is 0.942. The van der Waals surface area contributed by atoms with Crippen molar-refractivity contribution >= 4 is 37.4 Å². The summed E-state index contributed by atoms with van der Waals surface area (Å²) in [5, 5.41) is 7.84. The number of rotatable bonds is 1. The van der Waals surface area contributed by atoms with Gasteiger partial charge in [0.15, 0.2) is 0 Å². The van der Waals surface area contributed by atoms with E-state index in [2.05, 4.69) is 0 Å². The second kappa shape index (κ2) is 5.28. The van der Waals surface area contributed by atoms with Crippen LogP contribution in [-0.2, 0) is 4.79 Å². The normalized spacial score (nSPS) is 10.0. The van der Waals surface area contributed by atoms with Gasteiger partial charge in [0.2, 0.25) is 0 Å². The van der Waals surface area contributed by atoms with E-state index in [-0.39, 0.29) is 24.8 Å². The Morgan fingerprint density at radius 3 is 2.12 bits per heavy atom. The SMILES string of the molecule is CC=C(Cl)C(=O)O.[GaH3]. The van der Waals surface area contributed by atoms with Gasteiger partial charge in [0.05, 0.1) is 0 Å². The summed E-state index contributed by atoms with van der Waals surface area (Å²) in [5.74, 6) is -1.08. The molecule has 0 radical (unpaired) electrons. The molecule has 0 saturated carbocycles. The molecule has 0 aliphatic rings. The predicted molar refractivity (Wildman–Crippen MR) is 37.2 cm³/mol. The molecule has 0 heterocycles. The molecule has 0 bridgehead atoms. The van der Waals surface area contributed by atoms with E-state index in [1.54, 1.807) is 6.92 Å². The second-order valence-corrected chi connectivity index (χ2v) is 1.35. The Morgan fingerprint density at radius 1 is 1.75 bits per heavy atom. The Morgan fingerprint density at radius 2 is 2.12 bits per heavy atom. The molecule has 2 nitrogen and oxygen atoms in total. The van der Waals surface area contributed by atoms with Gasteiger partial charge in [-0.1, -0.05) is 17.7 Å². The number of halogens is 1. The minimum atomic E-state index is -1.08. The monoisotopic (exact) mass is 192 g/mol. The van der Waals surface area contributed by atoms with Crippen molar-refractivity contribution in [1.29, 1.82) is 0 Å². The molecule has 8 heavy (non-hydrogen) atoms. The first-order valence-corrected chi connectivity index (χ1v) is 2.11. The van der Waals surface area contributed by atoms with Gasteiger partial charge in [-0.3, -0.25) is 0 Å². The molecule has 46 valence electrons. The third-order valence-electron chi connectivity index (χ3n) is 0.458. The van der Waals surface area contributed by atoms with Crippen molar-refractivity contribution < 1.29 is 9.90 Å². The zero-order valence-electron chi connectivity index (χ0n) is 3.81. The number of allylic oxidation sites excluding steroid dienone is 1. The van der Waals surface area contributed by atoms with Gasteiger partial charge in [-0.05, 0) is 6.92 Å². The molecule has 0 spiro atoms. The van der Waals surface area contributed by atoms with Crippen molar-refractivity contribution in [3.8, 4) is 0 Å². The fourth-order valence-corrected chi connectivity index (χ4v) is 0.123. The topological polar surface area (TPSA) is 37.3 Å². The van der Waals surface area contributed by atoms with Gasteiger partial charge in [-0.25, -0.2) is 4.79 Å². The van der Waals surface area contributed by atoms with E-state index in [9.17, 15) is 4.79 Å². The number of carboxylic acid groups (broad SMARTS) is 1. The molecular weight excluding hydrogens is 185 g/mol. The molecule has 1 N–H and O–H groups in total. The zero-order valence-corrected chi connectivity index (χ0v) is 4.57. The Kier molecular flexibility index (Phi) is 7.26. The molecule has 0 rings (SSSR count). The van der Waals surface area contributed by atoms with E-state index in [1.165, 1.54) is 6.08 Å². The van der Waals surface area contributed by atoms with E-state index < -0.39 is 5.97 Å². The van der Waals surface area contributed by atoms with Crippen LogP contribution in [0.2, 0.25) is 0 Å². The van der Waals surface area contributed by atoms with Crippen LogP contribution in [-0.4, -0.2) is 30.9 Å². The molecule has 0 aliphatic heterocycles. The molecule has 0 aromatic rings. The van der Waals surface area contributed by atoms with Crippen LogP contribution in [0.25, 0.3) is 0 Å². The first kappa shape index (κ1) is 11.0. The number of aliphatic carboxylic acids is 1. The van der Waals surface area contributed by atoms with Crippen molar-refractivity contribution in [3.05, 3.63) is 11.1 Å². The Hall–Kier alpha value is 0.136. The first-order valence-electron chi connectivity index (χ1n) is 1.73. The number of hydrogen-bond donors (Lipinski definition) is 1. The van der Waals surface area contributed by atoms with Gasteiger partial charge in [0.25, 0.3) is 0 Å². The maximum absolute atomic E-state index is 9.73. The van der Waals surface area contributed by atoms with Crippen LogP contribution in [0.3, 0.4) is 0 Å². The molecule has 0 aromatic carbocycles. The molecule has 0 aliphatic carbocycles. The van der Waals surface area contributed by atoms with Crippen molar-refractivity contribution in [2.45, 2.75) is 6.92 Å². The third kappa shape index (κ3) is 4.30. The summed E-state index contributed by atoms with van der Waals surface area (Å²) in [7, 11) is 0. The van der Waals surface area contributed by atoms with E-state index in [4.69, 9.17) is 16.7 Å². The van der Waals surface area contributed by atoms with Crippen molar-refractivity contribution in [2.75, 3.05) is 0 Å². The van der Waals surface area contributed by atoms with Crippen LogP contribution in [0.15, 0.2) is 11.1 Å². The van der Waals surface area contributed by atoms with Gasteiger partial charge < -0.3 is 5.11 Å². The van der Waals surface area contributed by atoms with E-state index >= 15 is 0 Å². The number of carboxylic acids is 1. The van der Waals surface area contributed by atoms with E-state index in [0.29, 0.717) is 0 Å².